The Hall–Kier alpha value is -0.900. The van der Waals surface area contributed by atoms with E-state index in [-0.39, 0.29) is 12.0 Å². The molecule has 0 aliphatic heterocycles. The van der Waals surface area contributed by atoms with E-state index in [2.05, 4.69) is 0 Å². The number of carbonyl (C=O) groups excluding carboxylic acids is 2. The van der Waals surface area contributed by atoms with E-state index in [1.807, 2.05) is 0 Å². The lowest BCUT2D eigenvalue weighted by molar-refractivity contribution is -0.202. The molecule has 0 aromatic rings. The average Bonchev–Trinajstić information content (AvgIpc) is 2.99. The standard InChI is InChI=1S/C16H27NO3/c18-12-15(10-14-6-4-5-7-14)11-17(13-19)20-16-8-2-1-3-9-16/h12-16H,1-11H2. The summed E-state index contributed by atoms with van der Waals surface area (Å²) in [6, 6.07) is 0. The van der Waals surface area contributed by atoms with Crippen molar-refractivity contribution in [2.45, 2.75) is 70.3 Å². The normalized spacial score (nSPS) is 22.6. The molecule has 2 aliphatic carbocycles. The highest BCUT2D eigenvalue weighted by Gasteiger charge is 2.23. The summed E-state index contributed by atoms with van der Waals surface area (Å²) in [6.45, 7) is 0.417. The monoisotopic (exact) mass is 281 g/mol. The summed E-state index contributed by atoms with van der Waals surface area (Å²) >= 11 is 0. The lowest BCUT2D eigenvalue weighted by atomic mass is 9.94. The first kappa shape index (κ1) is 15.5. The molecule has 0 aromatic heterocycles. The fourth-order valence-corrected chi connectivity index (χ4v) is 3.55. The SMILES string of the molecule is O=CC(CC1CCCC1)CN(C=O)OC1CCCCC1. The maximum absolute atomic E-state index is 11.2. The van der Waals surface area contributed by atoms with Crippen LogP contribution in [0.25, 0.3) is 0 Å². The van der Waals surface area contributed by atoms with Crippen LogP contribution in [0.3, 0.4) is 0 Å². The topological polar surface area (TPSA) is 46.6 Å². The van der Waals surface area contributed by atoms with Crippen LogP contribution in [0, 0.1) is 11.8 Å². The molecule has 4 heteroatoms. The molecule has 0 saturated heterocycles. The van der Waals surface area contributed by atoms with Gasteiger partial charge in [-0.25, -0.2) is 5.06 Å². The number of nitrogens with zero attached hydrogens (tertiary/aromatic N) is 1. The number of aldehydes is 1. The summed E-state index contributed by atoms with van der Waals surface area (Å²) in [6.07, 6.45) is 13.5. The lowest BCUT2D eigenvalue weighted by Gasteiger charge is -2.28. The van der Waals surface area contributed by atoms with Gasteiger partial charge in [0.15, 0.2) is 0 Å². The molecule has 0 spiro atoms. The molecule has 2 aliphatic rings. The third-order valence-electron chi connectivity index (χ3n) is 4.67. The Balaban J connectivity index is 1.76. The number of hydrogen-bond donors (Lipinski definition) is 0. The lowest BCUT2D eigenvalue weighted by Crippen LogP contribution is -2.34. The second-order valence-corrected chi connectivity index (χ2v) is 6.35. The molecule has 2 fully saturated rings. The van der Waals surface area contributed by atoms with Crippen LogP contribution in [0.15, 0.2) is 0 Å². The van der Waals surface area contributed by atoms with Crippen molar-refractivity contribution in [3.63, 3.8) is 0 Å². The molecule has 0 aromatic carbocycles. The molecule has 2 saturated carbocycles. The van der Waals surface area contributed by atoms with E-state index in [1.54, 1.807) is 0 Å². The molecule has 1 atom stereocenters. The zero-order valence-corrected chi connectivity index (χ0v) is 12.3. The van der Waals surface area contributed by atoms with E-state index in [9.17, 15) is 9.59 Å². The van der Waals surface area contributed by atoms with Crippen molar-refractivity contribution in [3.8, 4) is 0 Å². The summed E-state index contributed by atoms with van der Waals surface area (Å²) in [5, 5.41) is 1.37. The number of hydroxylamine groups is 2. The number of amides is 1. The highest BCUT2D eigenvalue weighted by molar-refractivity contribution is 5.55. The van der Waals surface area contributed by atoms with Crippen molar-refractivity contribution >= 4 is 12.7 Å². The smallest absolute Gasteiger partial charge is 0.233 e. The molecule has 0 N–H and O–H groups in total. The van der Waals surface area contributed by atoms with Gasteiger partial charge >= 0.3 is 0 Å². The summed E-state index contributed by atoms with van der Waals surface area (Å²) in [7, 11) is 0. The van der Waals surface area contributed by atoms with E-state index in [0.717, 1.165) is 32.0 Å². The largest absolute Gasteiger partial charge is 0.303 e. The van der Waals surface area contributed by atoms with E-state index in [4.69, 9.17) is 4.84 Å². The first-order valence-electron chi connectivity index (χ1n) is 8.16. The van der Waals surface area contributed by atoms with Crippen molar-refractivity contribution in [2.24, 2.45) is 11.8 Å². The van der Waals surface area contributed by atoms with Crippen LogP contribution >= 0.6 is 0 Å². The van der Waals surface area contributed by atoms with Gasteiger partial charge in [0.05, 0.1) is 12.6 Å². The van der Waals surface area contributed by atoms with Crippen LogP contribution in [0.2, 0.25) is 0 Å². The predicted molar refractivity (Wildman–Crippen MR) is 76.9 cm³/mol. The molecule has 4 nitrogen and oxygen atoms in total. The van der Waals surface area contributed by atoms with Crippen molar-refractivity contribution < 1.29 is 14.4 Å². The van der Waals surface area contributed by atoms with Crippen molar-refractivity contribution in [3.05, 3.63) is 0 Å². The number of rotatable bonds is 8. The van der Waals surface area contributed by atoms with E-state index in [1.165, 1.54) is 50.0 Å². The summed E-state index contributed by atoms with van der Waals surface area (Å²) < 4.78 is 0. The summed E-state index contributed by atoms with van der Waals surface area (Å²) in [5.74, 6) is 0.584. The van der Waals surface area contributed by atoms with Gasteiger partial charge in [-0.3, -0.25) is 9.63 Å². The maximum atomic E-state index is 11.2. The second-order valence-electron chi connectivity index (χ2n) is 6.35. The number of hydrogen-bond acceptors (Lipinski definition) is 3. The van der Waals surface area contributed by atoms with Crippen LogP contribution in [0.4, 0.5) is 0 Å². The minimum atomic E-state index is -0.0770. The van der Waals surface area contributed by atoms with Gasteiger partial charge in [-0.2, -0.15) is 0 Å². The van der Waals surface area contributed by atoms with Gasteiger partial charge in [-0.1, -0.05) is 44.9 Å². The zero-order valence-electron chi connectivity index (χ0n) is 12.3. The zero-order chi connectivity index (χ0) is 14.2. The van der Waals surface area contributed by atoms with Crippen LogP contribution in [0.5, 0.6) is 0 Å². The third-order valence-corrected chi connectivity index (χ3v) is 4.67. The number of carbonyl (C=O) groups is 2. The first-order valence-corrected chi connectivity index (χ1v) is 8.16. The Morgan fingerprint density at radius 3 is 2.25 bits per heavy atom. The van der Waals surface area contributed by atoms with Crippen LogP contribution < -0.4 is 0 Å². The van der Waals surface area contributed by atoms with Crippen molar-refractivity contribution in [2.75, 3.05) is 6.54 Å². The summed E-state index contributed by atoms with van der Waals surface area (Å²) in [4.78, 5) is 28.1. The van der Waals surface area contributed by atoms with Crippen molar-refractivity contribution in [1.82, 2.24) is 5.06 Å². The quantitative estimate of drug-likeness (QED) is 0.507. The highest BCUT2D eigenvalue weighted by atomic mass is 16.7. The van der Waals surface area contributed by atoms with Gasteiger partial charge in [0.1, 0.15) is 6.29 Å². The fourth-order valence-electron chi connectivity index (χ4n) is 3.55. The van der Waals surface area contributed by atoms with E-state index < -0.39 is 0 Å². The molecule has 1 unspecified atom stereocenters. The summed E-state index contributed by atoms with van der Waals surface area (Å²) in [5.41, 5.74) is 0. The molecule has 0 bridgehead atoms. The molecule has 0 heterocycles. The Morgan fingerprint density at radius 2 is 1.65 bits per heavy atom. The molecule has 20 heavy (non-hydrogen) atoms. The van der Waals surface area contributed by atoms with Gasteiger partial charge < -0.3 is 4.79 Å². The van der Waals surface area contributed by atoms with Crippen LogP contribution in [-0.2, 0) is 14.4 Å². The van der Waals surface area contributed by atoms with Gasteiger partial charge in [0.2, 0.25) is 6.41 Å². The molecule has 0 radical (unpaired) electrons. The highest BCUT2D eigenvalue weighted by Crippen LogP contribution is 2.30. The Bertz CT molecular complexity index is 296. The van der Waals surface area contributed by atoms with E-state index >= 15 is 0 Å². The van der Waals surface area contributed by atoms with Gasteiger partial charge in [0.25, 0.3) is 0 Å². The van der Waals surface area contributed by atoms with Crippen LogP contribution in [0.1, 0.15) is 64.2 Å². The molecular formula is C16H27NO3. The van der Waals surface area contributed by atoms with E-state index in [0.29, 0.717) is 12.5 Å². The molecule has 2 rings (SSSR count). The second kappa shape index (κ2) is 8.40. The molecule has 114 valence electrons. The minimum absolute atomic E-state index is 0.0770. The van der Waals surface area contributed by atoms with Gasteiger partial charge in [-0.05, 0) is 25.2 Å². The van der Waals surface area contributed by atoms with Crippen LogP contribution in [-0.4, -0.2) is 30.4 Å². The predicted octanol–water partition coefficient (Wildman–Crippen LogP) is 3.10. The average molecular weight is 281 g/mol. The molecule has 1 amide bonds. The minimum Gasteiger partial charge on any atom is -0.303 e. The Morgan fingerprint density at radius 1 is 1.00 bits per heavy atom. The third kappa shape index (κ3) is 4.89. The Labute approximate surface area is 121 Å². The first-order chi connectivity index (χ1) is 9.81. The maximum Gasteiger partial charge on any atom is 0.233 e. The van der Waals surface area contributed by atoms with Gasteiger partial charge in [-0.15, -0.1) is 0 Å². The Kier molecular flexibility index (Phi) is 6.51. The van der Waals surface area contributed by atoms with Crippen molar-refractivity contribution in [1.29, 1.82) is 0 Å². The molecular weight excluding hydrogens is 254 g/mol. The fraction of sp³-hybridized carbons (Fsp3) is 0.875. The van der Waals surface area contributed by atoms with Gasteiger partial charge in [0, 0.05) is 5.92 Å².